The van der Waals surface area contributed by atoms with Crippen LogP contribution >= 0.6 is 15.9 Å². The van der Waals surface area contributed by atoms with Crippen molar-refractivity contribution in [2.75, 3.05) is 0 Å². The molecule has 2 aromatic carbocycles. The summed E-state index contributed by atoms with van der Waals surface area (Å²) >= 11 is 3.56. The minimum atomic E-state index is -0.235. The second-order valence-corrected chi connectivity index (χ2v) is 6.96. The fourth-order valence-electron chi connectivity index (χ4n) is 3.14. The second kappa shape index (κ2) is 6.48. The molecule has 2 heterocycles. The van der Waals surface area contributed by atoms with Gasteiger partial charge in [0.15, 0.2) is 0 Å². The standard InChI is InChI=1S/C20H17BrFN3/c1-2-25-11-15(18-9-16(21)5-8-20(18)25)10-24-12-19(23-13-24)14-3-6-17(22)7-4-14/h3-9,11-13H,2,10H2,1H3. The fraction of sp³-hybridized carbons (Fsp3) is 0.150. The first-order valence-corrected chi connectivity index (χ1v) is 8.98. The van der Waals surface area contributed by atoms with Crippen molar-refractivity contribution < 1.29 is 4.39 Å². The summed E-state index contributed by atoms with van der Waals surface area (Å²) in [5.41, 5.74) is 4.25. The topological polar surface area (TPSA) is 22.8 Å². The van der Waals surface area contributed by atoms with E-state index in [1.807, 2.05) is 12.5 Å². The average molecular weight is 398 g/mol. The molecule has 0 aliphatic carbocycles. The van der Waals surface area contributed by atoms with Crippen molar-refractivity contribution in [2.45, 2.75) is 20.0 Å². The minimum Gasteiger partial charge on any atom is -0.347 e. The predicted molar refractivity (Wildman–Crippen MR) is 102 cm³/mol. The molecule has 0 saturated carbocycles. The summed E-state index contributed by atoms with van der Waals surface area (Å²) in [6.07, 6.45) is 6.03. The maximum atomic E-state index is 13.1. The normalized spacial score (nSPS) is 11.3. The van der Waals surface area contributed by atoms with E-state index in [0.29, 0.717) is 0 Å². The van der Waals surface area contributed by atoms with E-state index in [1.165, 1.54) is 28.6 Å². The Morgan fingerprint density at radius 1 is 1.08 bits per heavy atom. The van der Waals surface area contributed by atoms with Crippen LogP contribution in [0.4, 0.5) is 4.39 Å². The molecule has 25 heavy (non-hydrogen) atoms. The molecule has 4 aromatic rings. The summed E-state index contributed by atoms with van der Waals surface area (Å²) in [7, 11) is 0. The molecule has 0 bridgehead atoms. The summed E-state index contributed by atoms with van der Waals surface area (Å²) in [5, 5.41) is 1.24. The zero-order valence-electron chi connectivity index (χ0n) is 13.8. The molecule has 0 unspecified atom stereocenters. The molecule has 5 heteroatoms. The highest BCUT2D eigenvalue weighted by Crippen LogP contribution is 2.26. The molecule has 0 atom stereocenters. The van der Waals surface area contributed by atoms with Gasteiger partial charge in [-0.3, -0.25) is 0 Å². The minimum absolute atomic E-state index is 0.235. The number of fused-ring (bicyclic) bond motifs is 1. The Morgan fingerprint density at radius 3 is 2.64 bits per heavy atom. The molecule has 0 N–H and O–H groups in total. The lowest BCUT2D eigenvalue weighted by molar-refractivity contribution is 0.628. The number of benzene rings is 2. The summed E-state index contributed by atoms with van der Waals surface area (Å²) in [4.78, 5) is 4.46. The van der Waals surface area contributed by atoms with Gasteiger partial charge in [0.2, 0.25) is 0 Å². The van der Waals surface area contributed by atoms with Gasteiger partial charge in [-0.1, -0.05) is 15.9 Å². The molecule has 0 aliphatic heterocycles. The molecule has 0 saturated heterocycles. The number of hydrogen-bond donors (Lipinski definition) is 0. The lowest BCUT2D eigenvalue weighted by Crippen LogP contribution is -1.96. The Labute approximate surface area is 153 Å². The van der Waals surface area contributed by atoms with E-state index < -0.39 is 0 Å². The van der Waals surface area contributed by atoms with Crippen molar-refractivity contribution in [3.8, 4) is 11.3 Å². The summed E-state index contributed by atoms with van der Waals surface area (Å²) in [5.74, 6) is -0.235. The second-order valence-electron chi connectivity index (χ2n) is 6.04. The number of hydrogen-bond acceptors (Lipinski definition) is 1. The number of imidazole rings is 1. The van der Waals surface area contributed by atoms with E-state index in [2.05, 4.69) is 61.4 Å². The quantitative estimate of drug-likeness (QED) is 0.447. The van der Waals surface area contributed by atoms with Gasteiger partial charge in [0.05, 0.1) is 18.6 Å². The third kappa shape index (κ3) is 3.12. The molecule has 2 aromatic heterocycles. The number of aromatic nitrogens is 3. The van der Waals surface area contributed by atoms with Crippen LogP contribution in [0.3, 0.4) is 0 Å². The first-order chi connectivity index (χ1) is 12.1. The van der Waals surface area contributed by atoms with Crippen LogP contribution in [0.5, 0.6) is 0 Å². The summed E-state index contributed by atoms with van der Waals surface area (Å²) < 4.78 is 18.5. The molecule has 0 aliphatic rings. The molecule has 0 spiro atoms. The Hall–Kier alpha value is -2.40. The Bertz CT molecular complexity index is 1030. The molecular weight excluding hydrogens is 381 g/mol. The van der Waals surface area contributed by atoms with Crippen LogP contribution in [0.1, 0.15) is 12.5 Å². The van der Waals surface area contributed by atoms with Gasteiger partial charge in [0.1, 0.15) is 5.82 Å². The van der Waals surface area contributed by atoms with E-state index in [9.17, 15) is 4.39 Å². The van der Waals surface area contributed by atoms with E-state index >= 15 is 0 Å². The van der Waals surface area contributed by atoms with Gasteiger partial charge in [0, 0.05) is 39.9 Å². The highest BCUT2D eigenvalue weighted by molar-refractivity contribution is 9.10. The maximum Gasteiger partial charge on any atom is 0.123 e. The van der Waals surface area contributed by atoms with Crippen LogP contribution in [-0.2, 0) is 13.1 Å². The van der Waals surface area contributed by atoms with Crippen molar-refractivity contribution in [2.24, 2.45) is 0 Å². The van der Waals surface area contributed by atoms with Crippen LogP contribution in [0.15, 0.2) is 65.7 Å². The third-order valence-electron chi connectivity index (χ3n) is 4.39. The van der Waals surface area contributed by atoms with Crippen LogP contribution in [-0.4, -0.2) is 14.1 Å². The molecule has 0 amide bonds. The molecule has 0 fully saturated rings. The zero-order chi connectivity index (χ0) is 17.4. The van der Waals surface area contributed by atoms with Gasteiger partial charge < -0.3 is 9.13 Å². The molecular formula is C20H17BrFN3. The Morgan fingerprint density at radius 2 is 1.88 bits per heavy atom. The highest BCUT2D eigenvalue weighted by atomic mass is 79.9. The lowest BCUT2D eigenvalue weighted by atomic mass is 10.1. The largest absolute Gasteiger partial charge is 0.347 e. The van der Waals surface area contributed by atoms with Crippen LogP contribution < -0.4 is 0 Å². The van der Waals surface area contributed by atoms with Gasteiger partial charge in [0.25, 0.3) is 0 Å². The maximum absolute atomic E-state index is 13.1. The third-order valence-corrected chi connectivity index (χ3v) is 4.89. The number of rotatable bonds is 4. The molecule has 3 nitrogen and oxygen atoms in total. The fourth-order valence-corrected chi connectivity index (χ4v) is 3.50. The van der Waals surface area contributed by atoms with E-state index in [0.717, 1.165) is 28.8 Å². The van der Waals surface area contributed by atoms with Gasteiger partial charge in [-0.2, -0.15) is 0 Å². The predicted octanol–water partition coefficient (Wildman–Crippen LogP) is 5.47. The highest BCUT2D eigenvalue weighted by Gasteiger charge is 2.10. The smallest absolute Gasteiger partial charge is 0.123 e. The van der Waals surface area contributed by atoms with E-state index in [-0.39, 0.29) is 5.82 Å². The summed E-state index contributed by atoms with van der Waals surface area (Å²) in [6, 6.07) is 12.8. The SMILES string of the molecule is CCn1cc(Cn2cnc(-c3ccc(F)cc3)c2)c2cc(Br)ccc21. The van der Waals surface area contributed by atoms with Gasteiger partial charge in [-0.05, 0) is 55.0 Å². The first kappa shape index (κ1) is 16.1. The molecule has 0 radical (unpaired) electrons. The van der Waals surface area contributed by atoms with Crippen molar-refractivity contribution >= 4 is 26.8 Å². The average Bonchev–Trinajstić information content (AvgIpc) is 3.21. The van der Waals surface area contributed by atoms with Gasteiger partial charge in [-0.25, -0.2) is 9.37 Å². The van der Waals surface area contributed by atoms with Crippen molar-refractivity contribution in [3.63, 3.8) is 0 Å². The zero-order valence-corrected chi connectivity index (χ0v) is 15.4. The van der Waals surface area contributed by atoms with Crippen molar-refractivity contribution in [1.82, 2.24) is 14.1 Å². The number of nitrogens with zero attached hydrogens (tertiary/aromatic N) is 3. The van der Waals surface area contributed by atoms with Crippen LogP contribution in [0.2, 0.25) is 0 Å². The molecule has 126 valence electrons. The van der Waals surface area contributed by atoms with Gasteiger partial charge in [-0.15, -0.1) is 0 Å². The van der Waals surface area contributed by atoms with Gasteiger partial charge >= 0.3 is 0 Å². The van der Waals surface area contributed by atoms with E-state index in [4.69, 9.17) is 0 Å². The monoisotopic (exact) mass is 397 g/mol. The first-order valence-electron chi connectivity index (χ1n) is 8.19. The van der Waals surface area contributed by atoms with Crippen LogP contribution in [0, 0.1) is 5.82 Å². The molecule has 4 rings (SSSR count). The number of aryl methyl sites for hydroxylation is 1. The lowest BCUT2D eigenvalue weighted by Gasteiger charge is -2.01. The van der Waals surface area contributed by atoms with E-state index in [1.54, 1.807) is 12.1 Å². The van der Waals surface area contributed by atoms with Crippen molar-refractivity contribution in [3.05, 3.63) is 77.0 Å². The Kier molecular flexibility index (Phi) is 4.17. The van der Waals surface area contributed by atoms with Crippen molar-refractivity contribution in [1.29, 1.82) is 0 Å². The number of halogens is 2. The van der Waals surface area contributed by atoms with Crippen LogP contribution in [0.25, 0.3) is 22.2 Å². The summed E-state index contributed by atoms with van der Waals surface area (Å²) in [6.45, 7) is 3.83. The Balaban J connectivity index is 1.68.